The number of hydrogen-bond donors (Lipinski definition) is 0. The molecule has 0 aliphatic heterocycles. The third-order valence-corrected chi connectivity index (χ3v) is 6.19. The number of furan rings is 1. The molecule has 4 rings (SSSR count). The Bertz CT molecular complexity index is 1150. The van der Waals surface area contributed by atoms with Gasteiger partial charge in [0.25, 0.3) is 0 Å². The molecule has 4 nitrogen and oxygen atoms in total. The van der Waals surface area contributed by atoms with Gasteiger partial charge in [-0.1, -0.05) is 54.2 Å². The van der Waals surface area contributed by atoms with Crippen LogP contribution in [0.4, 0.5) is 5.13 Å². The predicted octanol–water partition coefficient (Wildman–Crippen LogP) is 5.84. The minimum Gasteiger partial charge on any atom is -0.467 e. The fourth-order valence-electron chi connectivity index (χ4n) is 3.46. The molecule has 148 valence electrons. The van der Waals surface area contributed by atoms with Crippen LogP contribution < -0.4 is 4.90 Å². The first-order valence-corrected chi connectivity index (χ1v) is 10.6. The Hall–Kier alpha value is -2.92. The number of thiazole rings is 1. The number of fused-ring (bicyclic) bond motifs is 1. The molecule has 0 N–H and O–H groups in total. The Balaban J connectivity index is 1.71. The number of carbonyl (C=O) groups is 1. The van der Waals surface area contributed by atoms with Gasteiger partial charge in [0.15, 0.2) is 5.13 Å². The van der Waals surface area contributed by atoms with Gasteiger partial charge < -0.3 is 4.42 Å². The van der Waals surface area contributed by atoms with Gasteiger partial charge in [-0.15, -0.1) is 0 Å². The van der Waals surface area contributed by atoms with Crippen molar-refractivity contribution in [2.45, 2.75) is 40.2 Å². The van der Waals surface area contributed by atoms with E-state index in [0.29, 0.717) is 18.1 Å². The van der Waals surface area contributed by atoms with E-state index >= 15 is 0 Å². The van der Waals surface area contributed by atoms with E-state index < -0.39 is 0 Å². The minimum atomic E-state index is 0.0206. The highest BCUT2D eigenvalue weighted by molar-refractivity contribution is 7.22. The SMILES string of the molecule is CCc1cccc2sc(N(Cc3ccco3)C(=O)Cc3cc(C)ccc3C)nc12. The van der Waals surface area contributed by atoms with Gasteiger partial charge >= 0.3 is 0 Å². The number of carbonyl (C=O) groups excluding carboxylic acids is 1. The van der Waals surface area contributed by atoms with Crippen molar-refractivity contribution in [1.29, 1.82) is 0 Å². The molecule has 0 saturated carbocycles. The summed E-state index contributed by atoms with van der Waals surface area (Å²) in [6, 6.07) is 16.2. The van der Waals surface area contributed by atoms with Gasteiger partial charge in [0.2, 0.25) is 5.91 Å². The molecule has 0 radical (unpaired) electrons. The number of rotatable bonds is 6. The van der Waals surface area contributed by atoms with E-state index in [9.17, 15) is 4.79 Å². The first-order chi connectivity index (χ1) is 14.0. The number of nitrogens with zero attached hydrogens (tertiary/aromatic N) is 2. The zero-order chi connectivity index (χ0) is 20.4. The molecule has 0 unspecified atom stereocenters. The monoisotopic (exact) mass is 404 g/mol. The minimum absolute atomic E-state index is 0.0206. The van der Waals surface area contributed by atoms with Gasteiger partial charge in [0.05, 0.1) is 29.4 Å². The summed E-state index contributed by atoms with van der Waals surface area (Å²) in [5.74, 6) is 0.765. The standard InChI is InChI=1S/C24H24N2O2S/c1-4-18-7-5-9-21-23(18)25-24(29-21)26(15-20-8-6-12-28-20)22(27)14-19-13-16(2)10-11-17(19)3/h5-13H,4,14-15H2,1-3H3. The molecule has 0 saturated heterocycles. The van der Waals surface area contributed by atoms with E-state index in [1.807, 2.05) is 26.0 Å². The van der Waals surface area contributed by atoms with Crippen LogP contribution in [-0.2, 0) is 24.2 Å². The number of aromatic nitrogens is 1. The van der Waals surface area contributed by atoms with Crippen molar-refractivity contribution in [3.05, 3.63) is 82.8 Å². The molecule has 0 spiro atoms. The van der Waals surface area contributed by atoms with Gasteiger partial charge in [-0.3, -0.25) is 9.69 Å². The average molecular weight is 405 g/mol. The van der Waals surface area contributed by atoms with Crippen LogP contribution in [0.5, 0.6) is 0 Å². The van der Waals surface area contributed by atoms with Crippen LogP contribution in [0.1, 0.15) is 34.9 Å². The third kappa shape index (κ3) is 4.10. The van der Waals surface area contributed by atoms with E-state index in [2.05, 4.69) is 43.3 Å². The molecule has 2 aromatic carbocycles. The summed E-state index contributed by atoms with van der Waals surface area (Å²) in [5.41, 5.74) is 5.52. The summed E-state index contributed by atoms with van der Waals surface area (Å²) in [6.45, 7) is 6.59. The van der Waals surface area contributed by atoms with Gasteiger partial charge in [0, 0.05) is 0 Å². The first kappa shape index (κ1) is 19.4. The van der Waals surface area contributed by atoms with Crippen LogP contribution in [-0.4, -0.2) is 10.9 Å². The molecule has 29 heavy (non-hydrogen) atoms. The highest BCUT2D eigenvalue weighted by Crippen LogP contribution is 2.32. The van der Waals surface area contributed by atoms with Crippen LogP contribution in [0, 0.1) is 13.8 Å². The zero-order valence-electron chi connectivity index (χ0n) is 16.9. The number of anilines is 1. The lowest BCUT2D eigenvalue weighted by Gasteiger charge is -2.19. The first-order valence-electron chi connectivity index (χ1n) is 9.82. The summed E-state index contributed by atoms with van der Waals surface area (Å²) in [4.78, 5) is 20.0. The van der Waals surface area contributed by atoms with Crippen molar-refractivity contribution in [2.75, 3.05) is 4.90 Å². The van der Waals surface area contributed by atoms with Crippen molar-refractivity contribution in [1.82, 2.24) is 4.98 Å². The normalized spacial score (nSPS) is 11.1. The average Bonchev–Trinajstić information content (AvgIpc) is 3.37. The molecule has 0 aliphatic rings. The molecule has 0 bridgehead atoms. The number of aryl methyl sites for hydroxylation is 3. The molecule has 2 heterocycles. The molecule has 5 heteroatoms. The highest BCUT2D eigenvalue weighted by atomic mass is 32.1. The second-order valence-electron chi connectivity index (χ2n) is 7.28. The number of benzene rings is 2. The lowest BCUT2D eigenvalue weighted by molar-refractivity contribution is -0.118. The van der Waals surface area contributed by atoms with Crippen LogP contribution in [0.15, 0.2) is 59.2 Å². The molecule has 0 atom stereocenters. The van der Waals surface area contributed by atoms with Crippen LogP contribution in [0.2, 0.25) is 0 Å². The number of amides is 1. The van der Waals surface area contributed by atoms with Crippen LogP contribution in [0.25, 0.3) is 10.2 Å². The highest BCUT2D eigenvalue weighted by Gasteiger charge is 2.22. The van der Waals surface area contributed by atoms with Crippen molar-refractivity contribution in [3.63, 3.8) is 0 Å². The predicted molar refractivity (Wildman–Crippen MR) is 119 cm³/mol. The van der Waals surface area contributed by atoms with Gasteiger partial charge in [-0.05, 0) is 55.2 Å². The van der Waals surface area contributed by atoms with E-state index in [1.54, 1.807) is 22.5 Å². The van der Waals surface area contributed by atoms with Crippen molar-refractivity contribution in [2.24, 2.45) is 0 Å². The summed E-state index contributed by atoms with van der Waals surface area (Å²) < 4.78 is 6.63. The van der Waals surface area contributed by atoms with E-state index in [-0.39, 0.29) is 5.91 Å². The van der Waals surface area contributed by atoms with E-state index in [0.717, 1.165) is 39.1 Å². The maximum Gasteiger partial charge on any atom is 0.233 e. The van der Waals surface area contributed by atoms with Crippen LogP contribution >= 0.6 is 11.3 Å². The van der Waals surface area contributed by atoms with Crippen LogP contribution in [0.3, 0.4) is 0 Å². The lowest BCUT2D eigenvalue weighted by Crippen LogP contribution is -2.31. The second-order valence-corrected chi connectivity index (χ2v) is 8.29. The molecular weight excluding hydrogens is 380 g/mol. The molecule has 2 aromatic heterocycles. The topological polar surface area (TPSA) is 46.3 Å². The lowest BCUT2D eigenvalue weighted by atomic mass is 10.0. The summed E-state index contributed by atoms with van der Waals surface area (Å²) in [7, 11) is 0. The number of hydrogen-bond acceptors (Lipinski definition) is 4. The molecule has 0 aliphatic carbocycles. The summed E-state index contributed by atoms with van der Waals surface area (Å²) in [6.07, 6.45) is 2.89. The van der Waals surface area contributed by atoms with Crippen molar-refractivity contribution < 1.29 is 9.21 Å². The molecule has 4 aromatic rings. The Morgan fingerprint density at radius 2 is 1.97 bits per heavy atom. The molecular formula is C24H24N2O2S. The fourth-order valence-corrected chi connectivity index (χ4v) is 4.49. The van der Waals surface area contributed by atoms with Crippen molar-refractivity contribution in [3.8, 4) is 0 Å². The fraction of sp³-hybridized carbons (Fsp3) is 0.250. The molecule has 0 fully saturated rings. The van der Waals surface area contributed by atoms with Gasteiger partial charge in [-0.25, -0.2) is 4.98 Å². The maximum atomic E-state index is 13.4. The Labute approximate surface area is 174 Å². The molecule has 1 amide bonds. The summed E-state index contributed by atoms with van der Waals surface area (Å²) in [5, 5.41) is 0.715. The van der Waals surface area contributed by atoms with Gasteiger partial charge in [-0.2, -0.15) is 0 Å². The summed E-state index contributed by atoms with van der Waals surface area (Å²) >= 11 is 1.56. The van der Waals surface area contributed by atoms with E-state index in [4.69, 9.17) is 9.40 Å². The third-order valence-electron chi connectivity index (χ3n) is 5.14. The second kappa shape index (κ2) is 8.21. The van der Waals surface area contributed by atoms with E-state index in [1.165, 1.54) is 5.56 Å². The quantitative estimate of drug-likeness (QED) is 0.405. The Morgan fingerprint density at radius 3 is 2.72 bits per heavy atom. The zero-order valence-corrected chi connectivity index (χ0v) is 17.8. The van der Waals surface area contributed by atoms with Gasteiger partial charge in [0.1, 0.15) is 5.76 Å². The maximum absolute atomic E-state index is 13.4. The number of para-hydroxylation sites is 1. The smallest absolute Gasteiger partial charge is 0.233 e. The largest absolute Gasteiger partial charge is 0.467 e. The van der Waals surface area contributed by atoms with Crippen molar-refractivity contribution >= 4 is 32.6 Å². The Kier molecular flexibility index (Phi) is 5.49. The Morgan fingerprint density at radius 1 is 1.10 bits per heavy atom.